The fourth-order valence-electron chi connectivity index (χ4n) is 2.17. The first-order chi connectivity index (χ1) is 8.15. The maximum absolute atomic E-state index is 11.6. The lowest BCUT2D eigenvalue weighted by atomic mass is 10.1. The van der Waals surface area contributed by atoms with Gasteiger partial charge in [0, 0.05) is 6.04 Å². The van der Waals surface area contributed by atoms with Gasteiger partial charge in [0.05, 0.1) is 18.7 Å². The summed E-state index contributed by atoms with van der Waals surface area (Å²) in [6.45, 7) is 2.04. The van der Waals surface area contributed by atoms with E-state index in [0.29, 0.717) is 0 Å². The van der Waals surface area contributed by atoms with Gasteiger partial charge in [0.25, 0.3) is 0 Å². The molecule has 1 saturated carbocycles. The van der Waals surface area contributed by atoms with Crippen LogP contribution in [0.25, 0.3) is 0 Å². The second kappa shape index (κ2) is 7.31. The highest BCUT2D eigenvalue weighted by Crippen LogP contribution is 2.18. The van der Waals surface area contributed by atoms with Crippen LogP contribution in [0.5, 0.6) is 0 Å². The van der Waals surface area contributed by atoms with Crippen molar-refractivity contribution in [2.24, 2.45) is 0 Å². The average Bonchev–Trinajstić information content (AvgIpc) is 2.52. The van der Waals surface area contributed by atoms with Crippen LogP contribution in [0, 0.1) is 12.3 Å². The van der Waals surface area contributed by atoms with E-state index in [1.165, 1.54) is 0 Å². The molecule has 96 valence electrons. The van der Waals surface area contributed by atoms with Crippen LogP contribution in [0.15, 0.2) is 0 Å². The summed E-state index contributed by atoms with van der Waals surface area (Å²) in [5.41, 5.74) is 0. The van der Waals surface area contributed by atoms with Crippen molar-refractivity contribution in [2.75, 3.05) is 6.54 Å². The molecule has 17 heavy (non-hydrogen) atoms. The number of carbonyl (C=O) groups excluding carboxylic acids is 1. The molecule has 0 spiro atoms. The van der Waals surface area contributed by atoms with E-state index in [2.05, 4.69) is 16.6 Å². The van der Waals surface area contributed by atoms with Gasteiger partial charge in [-0.25, -0.2) is 0 Å². The van der Waals surface area contributed by atoms with Gasteiger partial charge >= 0.3 is 0 Å². The minimum atomic E-state index is -0.347. The van der Waals surface area contributed by atoms with Gasteiger partial charge in [0.2, 0.25) is 5.91 Å². The number of rotatable bonds is 4. The molecule has 0 radical (unpaired) electrons. The summed E-state index contributed by atoms with van der Waals surface area (Å²) in [5, 5.41) is 15.7. The maximum atomic E-state index is 11.6. The number of hydrogen-bond acceptors (Lipinski definition) is 3. The first kappa shape index (κ1) is 14.0. The summed E-state index contributed by atoms with van der Waals surface area (Å²) >= 11 is 0. The van der Waals surface area contributed by atoms with Gasteiger partial charge in [-0.1, -0.05) is 25.2 Å². The summed E-state index contributed by atoms with van der Waals surface area (Å²) in [6.07, 6.45) is 9.80. The molecule has 0 aromatic carbocycles. The molecule has 1 amide bonds. The minimum Gasteiger partial charge on any atom is -0.392 e. The Kier molecular flexibility index (Phi) is 6.03. The lowest BCUT2D eigenvalue weighted by molar-refractivity contribution is -0.122. The number of hydrogen-bond donors (Lipinski definition) is 3. The highest BCUT2D eigenvalue weighted by molar-refractivity contribution is 5.81. The Labute approximate surface area is 103 Å². The third-order valence-corrected chi connectivity index (χ3v) is 3.20. The van der Waals surface area contributed by atoms with Crippen molar-refractivity contribution in [1.29, 1.82) is 0 Å². The zero-order chi connectivity index (χ0) is 12.7. The molecule has 0 heterocycles. The van der Waals surface area contributed by atoms with E-state index in [4.69, 9.17) is 6.42 Å². The first-order valence-electron chi connectivity index (χ1n) is 6.30. The lowest BCUT2D eigenvalue weighted by Crippen LogP contribution is -2.50. The van der Waals surface area contributed by atoms with Crippen LogP contribution < -0.4 is 10.6 Å². The molecule has 3 unspecified atom stereocenters. The quantitative estimate of drug-likeness (QED) is 0.491. The summed E-state index contributed by atoms with van der Waals surface area (Å²) in [7, 11) is 0. The van der Waals surface area contributed by atoms with E-state index in [1.807, 2.05) is 0 Å². The van der Waals surface area contributed by atoms with Gasteiger partial charge in [0.15, 0.2) is 0 Å². The fraction of sp³-hybridized carbons (Fsp3) is 0.769. The zero-order valence-corrected chi connectivity index (χ0v) is 10.4. The van der Waals surface area contributed by atoms with Crippen LogP contribution in [0.4, 0.5) is 0 Å². The molecular formula is C13H22N2O2. The molecule has 0 bridgehead atoms. The third-order valence-electron chi connectivity index (χ3n) is 3.20. The third kappa shape index (κ3) is 4.76. The molecule has 1 fully saturated rings. The Hall–Kier alpha value is -1.05. The van der Waals surface area contributed by atoms with Crippen LogP contribution in [0.2, 0.25) is 0 Å². The van der Waals surface area contributed by atoms with Crippen molar-refractivity contribution in [3.63, 3.8) is 0 Å². The second-order valence-corrected chi connectivity index (χ2v) is 4.62. The van der Waals surface area contributed by atoms with E-state index in [-0.39, 0.29) is 30.6 Å². The van der Waals surface area contributed by atoms with Gasteiger partial charge < -0.3 is 15.7 Å². The smallest absolute Gasteiger partial charge is 0.237 e. The van der Waals surface area contributed by atoms with Gasteiger partial charge in [-0.15, -0.1) is 6.42 Å². The molecule has 1 rings (SSSR count). The van der Waals surface area contributed by atoms with Gasteiger partial charge in [-0.05, 0) is 19.8 Å². The topological polar surface area (TPSA) is 61.4 Å². The summed E-state index contributed by atoms with van der Waals surface area (Å²) < 4.78 is 0. The Morgan fingerprint density at radius 1 is 1.47 bits per heavy atom. The van der Waals surface area contributed by atoms with Gasteiger partial charge in [-0.3, -0.25) is 4.79 Å². The van der Waals surface area contributed by atoms with Crippen LogP contribution >= 0.6 is 0 Å². The summed E-state index contributed by atoms with van der Waals surface area (Å²) in [5.74, 6) is 2.26. The van der Waals surface area contributed by atoms with Gasteiger partial charge in [0.1, 0.15) is 0 Å². The molecule has 0 aliphatic heterocycles. The average molecular weight is 238 g/mol. The number of amides is 1. The molecule has 3 N–H and O–H groups in total. The molecule has 0 aromatic rings. The summed E-state index contributed by atoms with van der Waals surface area (Å²) in [6, 6.07) is -0.301. The molecule has 1 aliphatic carbocycles. The Bertz CT molecular complexity index is 286. The van der Waals surface area contributed by atoms with E-state index < -0.39 is 0 Å². The molecule has 4 nitrogen and oxygen atoms in total. The highest BCUT2D eigenvalue weighted by atomic mass is 16.3. The standard InChI is InChI=1S/C13H22N2O2/c1-3-9-14-13(17)10(2)15-11-7-5-4-6-8-12(11)16/h1,10-12,15-16H,4-9H2,2H3,(H,14,17). The van der Waals surface area contributed by atoms with Crippen molar-refractivity contribution >= 4 is 5.91 Å². The zero-order valence-electron chi connectivity index (χ0n) is 10.4. The predicted molar refractivity (Wildman–Crippen MR) is 67.3 cm³/mol. The predicted octanol–water partition coefficient (Wildman–Crippen LogP) is 0.407. The Morgan fingerprint density at radius 3 is 2.88 bits per heavy atom. The van der Waals surface area contributed by atoms with E-state index in [9.17, 15) is 9.90 Å². The van der Waals surface area contributed by atoms with Crippen LogP contribution in [0.3, 0.4) is 0 Å². The lowest BCUT2D eigenvalue weighted by Gasteiger charge is -2.25. The maximum Gasteiger partial charge on any atom is 0.237 e. The van der Waals surface area contributed by atoms with E-state index >= 15 is 0 Å². The fourth-order valence-corrected chi connectivity index (χ4v) is 2.17. The van der Waals surface area contributed by atoms with Crippen molar-refractivity contribution in [3.8, 4) is 12.3 Å². The number of aliphatic hydroxyl groups excluding tert-OH is 1. The first-order valence-corrected chi connectivity index (χ1v) is 6.30. The number of nitrogens with one attached hydrogen (secondary N) is 2. The monoisotopic (exact) mass is 238 g/mol. The minimum absolute atomic E-state index is 0.0177. The van der Waals surface area contributed by atoms with Gasteiger partial charge in [-0.2, -0.15) is 0 Å². The van der Waals surface area contributed by atoms with Crippen molar-refractivity contribution in [1.82, 2.24) is 10.6 Å². The Balaban J connectivity index is 2.40. The Morgan fingerprint density at radius 2 is 2.18 bits per heavy atom. The largest absolute Gasteiger partial charge is 0.392 e. The van der Waals surface area contributed by atoms with Crippen molar-refractivity contribution in [3.05, 3.63) is 0 Å². The molecular weight excluding hydrogens is 216 g/mol. The number of aliphatic hydroxyl groups is 1. The van der Waals surface area contributed by atoms with E-state index in [1.54, 1.807) is 6.92 Å². The molecule has 4 heteroatoms. The SMILES string of the molecule is C#CCNC(=O)C(C)NC1CCCCCC1O. The highest BCUT2D eigenvalue weighted by Gasteiger charge is 2.24. The summed E-state index contributed by atoms with van der Waals surface area (Å²) in [4.78, 5) is 11.6. The van der Waals surface area contributed by atoms with Crippen LogP contribution in [-0.2, 0) is 4.79 Å². The molecule has 0 aromatic heterocycles. The normalized spacial score (nSPS) is 26.6. The van der Waals surface area contributed by atoms with E-state index in [0.717, 1.165) is 32.1 Å². The van der Waals surface area contributed by atoms with Crippen LogP contribution in [0.1, 0.15) is 39.0 Å². The molecule has 0 saturated heterocycles. The molecule has 1 aliphatic rings. The van der Waals surface area contributed by atoms with Crippen molar-refractivity contribution in [2.45, 2.75) is 57.2 Å². The number of terminal acetylenes is 1. The van der Waals surface area contributed by atoms with Crippen LogP contribution in [-0.4, -0.2) is 35.7 Å². The molecule has 3 atom stereocenters. The second-order valence-electron chi connectivity index (χ2n) is 4.62. The van der Waals surface area contributed by atoms with Crippen molar-refractivity contribution < 1.29 is 9.90 Å². The number of carbonyl (C=O) groups is 1.